The maximum Gasteiger partial charge on any atom is 0.318 e. The van der Waals surface area contributed by atoms with Crippen molar-refractivity contribution in [1.29, 1.82) is 0 Å². The minimum atomic E-state index is -0.751. The van der Waals surface area contributed by atoms with Gasteiger partial charge in [-0.3, -0.25) is 10.3 Å². The first kappa shape index (κ1) is 14.5. The highest BCUT2D eigenvalue weighted by molar-refractivity contribution is 5.94. The molecule has 6 nitrogen and oxygen atoms in total. The lowest BCUT2D eigenvalue weighted by atomic mass is 10.0. The number of nitrogens with one attached hydrogen (secondary N) is 1. The molecular weight excluding hydrogens is 242 g/mol. The number of urea groups is 1. The second-order valence-electron chi connectivity index (χ2n) is 3.74. The molecule has 0 aliphatic carbocycles. The first-order valence-electron chi connectivity index (χ1n) is 5.85. The third kappa shape index (κ3) is 5.52. The molecule has 0 spiro atoms. The average molecular weight is 259 g/mol. The quantitative estimate of drug-likeness (QED) is 0.430. The zero-order valence-corrected chi connectivity index (χ0v) is 10.7. The standard InChI is InChI=1S/C13H17N5O/c1-2-10(11-7-3-4-8-16-11)6-5-9-17-12(14)18-13(15)19/h3-4,6-10H,2H2,1H3,(H5,14,15,17,18,19). The van der Waals surface area contributed by atoms with Gasteiger partial charge in [0.1, 0.15) is 0 Å². The van der Waals surface area contributed by atoms with E-state index in [-0.39, 0.29) is 11.9 Å². The van der Waals surface area contributed by atoms with E-state index in [4.69, 9.17) is 11.5 Å². The van der Waals surface area contributed by atoms with Crippen LogP contribution in [0.3, 0.4) is 0 Å². The number of primary amides is 1. The number of aromatic nitrogens is 1. The highest BCUT2D eigenvalue weighted by atomic mass is 16.2. The van der Waals surface area contributed by atoms with Gasteiger partial charge in [0.25, 0.3) is 0 Å². The molecule has 0 bridgehead atoms. The van der Waals surface area contributed by atoms with Gasteiger partial charge in [0.15, 0.2) is 0 Å². The van der Waals surface area contributed by atoms with Crippen LogP contribution >= 0.6 is 0 Å². The smallest absolute Gasteiger partial charge is 0.318 e. The number of pyridine rings is 1. The van der Waals surface area contributed by atoms with Crippen molar-refractivity contribution < 1.29 is 4.79 Å². The van der Waals surface area contributed by atoms with E-state index in [9.17, 15) is 4.79 Å². The van der Waals surface area contributed by atoms with Gasteiger partial charge in [0.05, 0.1) is 6.20 Å². The van der Waals surface area contributed by atoms with E-state index in [1.165, 1.54) is 6.20 Å². The number of carbonyl (C=O) groups excluding carboxylic acids is 1. The summed E-state index contributed by atoms with van der Waals surface area (Å²) in [5.41, 5.74) is 14.1. The fourth-order valence-electron chi connectivity index (χ4n) is 1.43. The molecule has 0 fully saturated rings. The Hall–Kier alpha value is -2.59. The lowest BCUT2D eigenvalue weighted by Crippen LogP contribution is -2.39. The number of nitrogens with zero attached hydrogens (tertiary/aromatic N) is 2. The largest absolute Gasteiger partial charge is 0.369 e. The zero-order chi connectivity index (χ0) is 14.1. The number of rotatable bonds is 4. The molecule has 1 atom stereocenters. The van der Waals surface area contributed by atoms with Gasteiger partial charge in [-0.15, -0.1) is 5.73 Å². The Morgan fingerprint density at radius 2 is 2.37 bits per heavy atom. The molecule has 0 saturated heterocycles. The topological polar surface area (TPSA) is 106 Å². The van der Waals surface area contributed by atoms with Crippen molar-refractivity contribution in [2.75, 3.05) is 0 Å². The molecule has 6 heteroatoms. The number of guanidine groups is 1. The summed E-state index contributed by atoms with van der Waals surface area (Å²) in [6.07, 6.45) is 5.87. The first-order valence-corrected chi connectivity index (χ1v) is 5.85. The van der Waals surface area contributed by atoms with Gasteiger partial charge >= 0.3 is 6.03 Å². The van der Waals surface area contributed by atoms with Crippen LogP contribution in [0.15, 0.2) is 47.4 Å². The number of amides is 2. The van der Waals surface area contributed by atoms with Crippen molar-refractivity contribution in [3.63, 3.8) is 0 Å². The summed E-state index contributed by atoms with van der Waals surface area (Å²) in [6, 6.07) is 5.02. The number of hydrogen-bond acceptors (Lipinski definition) is 3. The fourth-order valence-corrected chi connectivity index (χ4v) is 1.43. The molecule has 100 valence electrons. The molecule has 1 aromatic heterocycles. The van der Waals surface area contributed by atoms with Crippen molar-refractivity contribution in [2.45, 2.75) is 19.3 Å². The van der Waals surface area contributed by atoms with Gasteiger partial charge < -0.3 is 11.5 Å². The lowest BCUT2D eigenvalue weighted by Gasteiger charge is -2.06. The van der Waals surface area contributed by atoms with Crippen LogP contribution in [-0.4, -0.2) is 17.0 Å². The van der Waals surface area contributed by atoms with E-state index in [1.807, 2.05) is 24.3 Å². The fraction of sp³-hybridized carbons (Fsp3) is 0.231. The highest BCUT2D eigenvalue weighted by Gasteiger charge is 2.04. The molecule has 1 unspecified atom stereocenters. The van der Waals surface area contributed by atoms with Crippen LogP contribution in [0.25, 0.3) is 0 Å². The van der Waals surface area contributed by atoms with Gasteiger partial charge in [-0.25, -0.2) is 9.79 Å². The summed E-state index contributed by atoms with van der Waals surface area (Å²) in [5, 5.41) is 2.15. The predicted octanol–water partition coefficient (Wildman–Crippen LogP) is 1.23. The summed E-state index contributed by atoms with van der Waals surface area (Å²) in [5.74, 6) is 0.0947. The molecule has 1 rings (SSSR count). The van der Waals surface area contributed by atoms with Crippen molar-refractivity contribution in [2.24, 2.45) is 16.5 Å². The maximum atomic E-state index is 10.5. The molecule has 0 aliphatic rings. The first-order chi connectivity index (χ1) is 9.13. The minimum absolute atomic E-state index is 0.0701. The van der Waals surface area contributed by atoms with E-state index < -0.39 is 6.03 Å². The van der Waals surface area contributed by atoms with Crippen LogP contribution in [0.5, 0.6) is 0 Å². The van der Waals surface area contributed by atoms with Crippen molar-refractivity contribution >= 4 is 12.0 Å². The van der Waals surface area contributed by atoms with Crippen LogP contribution in [-0.2, 0) is 0 Å². The second kappa shape index (κ2) is 7.68. The molecule has 5 N–H and O–H groups in total. The summed E-state index contributed by atoms with van der Waals surface area (Å²) in [7, 11) is 0. The van der Waals surface area contributed by atoms with Crippen LogP contribution in [0.1, 0.15) is 25.0 Å². The molecule has 0 radical (unpaired) electrons. The van der Waals surface area contributed by atoms with Gasteiger partial charge in [0, 0.05) is 17.8 Å². The number of aliphatic imine (C=N–C) groups is 1. The van der Waals surface area contributed by atoms with Crippen molar-refractivity contribution in [1.82, 2.24) is 10.3 Å². The van der Waals surface area contributed by atoms with Gasteiger partial charge in [0.2, 0.25) is 5.96 Å². The molecule has 1 heterocycles. The van der Waals surface area contributed by atoms with Crippen LogP contribution in [0.2, 0.25) is 0 Å². The second-order valence-corrected chi connectivity index (χ2v) is 3.74. The Balaban J connectivity index is 2.71. The number of nitrogens with two attached hydrogens (primary N) is 2. The van der Waals surface area contributed by atoms with Crippen LogP contribution in [0.4, 0.5) is 4.79 Å². The van der Waals surface area contributed by atoms with E-state index in [0.29, 0.717) is 0 Å². The summed E-state index contributed by atoms with van der Waals surface area (Å²) in [4.78, 5) is 18.5. The third-order valence-corrected chi connectivity index (χ3v) is 2.33. The SMILES string of the molecule is CCC(C=C=CN=C(N)NC(N)=O)c1ccccn1. The highest BCUT2D eigenvalue weighted by Crippen LogP contribution is 2.17. The van der Waals surface area contributed by atoms with Crippen LogP contribution < -0.4 is 16.8 Å². The Kier molecular flexibility index (Phi) is 5.85. The molecule has 19 heavy (non-hydrogen) atoms. The number of carbonyl (C=O) groups is 1. The molecule has 0 aromatic carbocycles. The van der Waals surface area contributed by atoms with Gasteiger partial charge in [-0.05, 0) is 24.6 Å². The summed E-state index contributed by atoms with van der Waals surface area (Å²) < 4.78 is 0. The molecule has 0 saturated carbocycles. The predicted molar refractivity (Wildman–Crippen MR) is 74.3 cm³/mol. The molecular formula is C13H17N5O. The van der Waals surface area contributed by atoms with E-state index in [0.717, 1.165) is 12.1 Å². The van der Waals surface area contributed by atoms with Gasteiger partial charge in [-0.2, -0.15) is 0 Å². The number of allylic oxidation sites excluding steroid dienone is 1. The van der Waals surface area contributed by atoms with Crippen molar-refractivity contribution in [3.05, 3.63) is 48.1 Å². The zero-order valence-electron chi connectivity index (χ0n) is 10.7. The average Bonchev–Trinajstić information content (AvgIpc) is 2.39. The Morgan fingerprint density at radius 1 is 1.58 bits per heavy atom. The normalized spacial score (nSPS) is 12.2. The minimum Gasteiger partial charge on any atom is -0.369 e. The van der Waals surface area contributed by atoms with Gasteiger partial charge in [-0.1, -0.05) is 13.0 Å². The maximum absolute atomic E-state index is 10.5. The summed E-state index contributed by atoms with van der Waals surface area (Å²) in [6.45, 7) is 2.06. The summed E-state index contributed by atoms with van der Waals surface area (Å²) >= 11 is 0. The van der Waals surface area contributed by atoms with Crippen molar-refractivity contribution in [3.8, 4) is 0 Å². The molecule has 1 aromatic rings. The Labute approximate surface area is 111 Å². The third-order valence-electron chi connectivity index (χ3n) is 2.33. The molecule has 2 amide bonds. The Morgan fingerprint density at radius 3 is 2.95 bits per heavy atom. The van der Waals surface area contributed by atoms with E-state index >= 15 is 0 Å². The lowest BCUT2D eigenvalue weighted by molar-refractivity contribution is 0.253. The van der Waals surface area contributed by atoms with E-state index in [1.54, 1.807) is 6.20 Å². The van der Waals surface area contributed by atoms with E-state index in [2.05, 4.69) is 27.9 Å². The monoisotopic (exact) mass is 259 g/mol. The Bertz CT molecular complexity index is 503. The van der Waals surface area contributed by atoms with Crippen LogP contribution in [0, 0.1) is 0 Å². The molecule has 0 aliphatic heterocycles. The number of hydrogen-bond donors (Lipinski definition) is 3.